The predicted molar refractivity (Wildman–Crippen MR) is 134 cm³/mol. The molecule has 3 heterocycles. The summed E-state index contributed by atoms with van der Waals surface area (Å²) in [5.41, 5.74) is 5.05. The van der Waals surface area contributed by atoms with Gasteiger partial charge in [-0.25, -0.2) is 0 Å². The second kappa shape index (κ2) is 10.3. The Morgan fingerprint density at radius 3 is 2.60 bits per heavy atom. The van der Waals surface area contributed by atoms with Gasteiger partial charge in [-0.3, -0.25) is 24.3 Å². The fourth-order valence-electron chi connectivity index (χ4n) is 5.58. The van der Waals surface area contributed by atoms with Gasteiger partial charge < -0.3 is 10.2 Å². The van der Waals surface area contributed by atoms with Crippen molar-refractivity contribution in [1.29, 1.82) is 0 Å². The molecule has 1 aromatic heterocycles. The number of carbonyl (C=O) groups excluding carboxylic acids is 3. The van der Waals surface area contributed by atoms with Crippen LogP contribution in [0.3, 0.4) is 0 Å². The van der Waals surface area contributed by atoms with Crippen molar-refractivity contribution in [3.8, 4) is 0 Å². The van der Waals surface area contributed by atoms with Gasteiger partial charge in [0.1, 0.15) is 5.78 Å². The van der Waals surface area contributed by atoms with E-state index in [1.54, 1.807) is 4.90 Å². The number of carbonyl (C=O) groups is 3. The lowest BCUT2D eigenvalue weighted by Gasteiger charge is -2.32. The van der Waals surface area contributed by atoms with Crippen LogP contribution in [0.15, 0.2) is 36.5 Å². The summed E-state index contributed by atoms with van der Waals surface area (Å²) in [6.45, 7) is 6.53. The lowest BCUT2D eigenvalue weighted by atomic mass is 9.92. The van der Waals surface area contributed by atoms with Crippen LogP contribution < -0.4 is 5.32 Å². The molecule has 1 aliphatic carbocycles. The molecule has 184 valence electrons. The van der Waals surface area contributed by atoms with E-state index in [1.807, 2.05) is 24.4 Å². The van der Waals surface area contributed by atoms with Gasteiger partial charge in [0.25, 0.3) is 5.91 Å². The highest BCUT2D eigenvalue weighted by Gasteiger charge is 2.39. The lowest BCUT2D eigenvalue weighted by Crippen LogP contribution is -2.44. The topological polar surface area (TPSA) is 82.6 Å². The zero-order valence-corrected chi connectivity index (χ0v) is 20.5. The molecule has 7 heteroatoms. The number of rotatable bonds is 7. The fraction of sp³-hybridized carbons (Fsp3) is 0.500. The van der Waals surface area contributed by atoms with Gasteiger partial charge in [0.2, 0.25) is 0 Å². The molecule has 1 amide bonds. The van der Waals surface area contributed by atoms with E-state index in [4.69, 9.17) is 0 Å². The summed E-state index contributed by atoms with van der Waals surface area (Å²) in [7, 11) is 0. The normalized spacial score (nSPS) is 21.5. The molecule has 3 aliphatic rings. The van der Waals surface area contributed by atoms with Crippen LogP contribution >= 0.6 is 0 Å². The summed E-state index contributed by atoms with van der Waals surface area (Å²) < 4.78 is 0. The molecular formula is C28H34N4O3. The van der Waals surface area contributed by atoms with Gasteiger partial charge in [-0.05, 0) is 68.5 Å². The third-order valence-corrected chi connectivity index (χ3v) is 7.75. The number of amides is 1. The molecular weight excluding hydrogens is 440 g/mol. The minimum absolute atomic E-state index is 0.0186. The van der Waals surface area contributed by atoms with E-state index in [-0.39, 0.29) is 23.9 Å². The number of piperidine rings is 1. The first-order valence-electron chi connectivity index (χ1n) is 12.9. The third kappa shape index (κ3) is 5.15. The van der Waals surface area contributed by atoms with Crippen molar-refractivity contribution in [1.82, 2.24) is 14.8 Å². The van der Waals surface area contributed by atoms with Gasteiger partial charge in [-0.15, -0.1) is 0 Å². The van der Waals surface area contributed by atoms with Gasteiger partial charge in [-0.2, -0.15) is 0 Å². The Balaban J connectivity index is 1.15. The summed E-state index contributed by atoms with van der Waals surface area (Å²) in [6, 6.07) is 9.64. The first kappa shape index (κ1) is 23.7. The Morgan fingerprint density at radius 1 is 1.06 bits per heavy atom. The monoisotopic (exact) mass is 474 g/mol. The average Bonchev–Trinajstić information content (AvgIpc) is 3.21. The molecule has 0 bridgehead atoms. The Kier molecular flexibility index (Phi) is 6.95. The zero-order chi connectivity index (χ0) is 24.4. The minimum Gasteiger partial charge on any atom is -0.384 e. The maximum Gasteiger partial charge on any atom is 0.255 e. The van der Waals surface area contributed by atoms with Crippen LogP contribution in [0, 0.1) is 5.92 Å². The largest absolute Gasteiger partial charge is 0.384 e. The van der Waals surface area contributed by atoms with Gasteiger partial charge in [0.15, 0.2) is 5.78 Å². The highest BCUT2D eigenvalue weighted by Crippen LogP contribution is 2.33. The van der Waals surface area contributed by atoms with Crippen molar-refractivity contribution in [3.63, 3.8) is 0 Å². The molecule has 1 saturated carbocycles. The first-order valence-corrected chi connectivity index (χ1v) is 12.9. The number of nitrogens with zero attached hydrogens (tertiary/aromatic N) is 3. The summed E-state index contributed by atoms with van der Waals surface area (Å²) in [4.78, 5) is 45.8. The van der Waals surface area contributed by atoms with Crippen molar-refractivity contribution in [2.75, 3.05) is 25.0 Å². The predicted octanol–water partition coefficient (Wildman–Crippen LogP) is 3.61. The second-order valence-electron chi connectivity index (χ2n) is 10.1. The van der Waals surface area contributed by atoms with Crippen LogP contribution in [0.5, 0.6) is 0 Å². The average molecular weight is 475 g/mol. The van der Waals surface area contributed by atoms with Crippen LogP contribution in [-0.2, 0) is 29.1 Å². The van der Waals surface area contributed by atoms with Gasteiger partial charge in [0.05, 0.1) is 12.5 Å². The second-order valence-corrected chi connectivity index (χ2v) is 10.1. The van der Waals surface area contributed by atoms with E-state index in [0.29, 0.717) is 30.9 Å². The molecule has 1 saturated heterocycles. The zero-order valence-electron chi connectivity index (χ0n) is 20.5. The van der Waals surface area contributed by atoms with Crippen LogP contribution in [0.1, 0.15) is 66.2 Å². The molecule has 0 radical (unpaired) electrons. The smallest absolute Gasteiger partial charge is 0.255 e. The van der Waals surface area contributed by atoms with E-state index in [2.05, 4.69) is 34.3 Å². The van der Waals surface area contributed by atoms with E-state index in [0.717, 1.165) is 62.4 Å². The molecule has 2 fully saturated rings. The van der Waals surface area contributed by atoms with Crippen molar-refractivity contribution >= 4 is 23.2 Å². The summed E-state index contributed by atoms with van der Waals surface area (Å²) in [5.74, 6) is 0.351. The SMILES string of the molecule is CCc1ccc(CN2CCC(CNc3cccc4c3CN(C3CCC(=O)CC3=O)C4=O)CC2)cn1. The minimum atomic E-state index is -0.474. The molecule has 5 rings (SSSR count). The number of ketones is 2. The number of likely N-dealkylation sites (tertiary alicyclic amines) is 1. The Hall–Kier alpha value is -3.06. The van der Waals surface area contributed by atoms with Crippen LogP contribution in [0.2, 0.25) is 0 Å². The number of anilines is 1. The number of benzene rings is 1. The standard InChI is InChI=1S/C28H34N4O3/c1-2-21-7-6-20(16-29-21)17-31-12-10-19(11-13-31)15-30-25-5-3-4-23-24(25)18-32(28(23)35)26-9-8-22(33)14-27(26)34/h3-7,16,19,26,30H,2,8-15,17-18H2,1H3. The highest BCUT2D eigenvalue weighted by molar-refractivity contribution is 6.08. The molecule has 1 aromatic carbocycles. The van der Waals surface area contributed by atoms with Crippen molar-refractivity contribution < 1.29 is 14.4 Å². The number of fused-ring (bicyclic) bond motifs is 1. The van der Waals surface area contributed by atoms with Gasteiger partial charge in [0, 0.05) is 54.8 Å². The lowest BCUT2D eigenvalue weighted by molar-refractivity contribution is -0.133. The van der Waals surface area contributed by atoms with Gasteiger partial charge >= 0.3 is 0 Å². The van der Waals surface area contributed by atoms with Gasteiger partial charge in [-0.1, -0.05) is 19.1 Å². The van der Waals surface area contributed by atoms with E-state index in [1.165, 1.54) is 5.56 Å². The van der Waals surface area contributed by atoms with Crippen LogP contribution in [-0.4, -0.2) is 57.9 Å². The molecule has 1 N–H and O–H groups in total. The van der Waals surface area contributed by atoms with Crippen molar-refractivity contribution in [2.45, 2.75) is 64.6 Å². The first-order chi connectivity index (χ1) is 17.0. The van der Waals surface area contributed by atoms with Crippen molar-refractivity contribution in [2.24, 2.45) is 5.92 Å². The summed E-state index contributed by atoms with van der Waals surface area (Å²) in [5, 5.41) is 3.61. The molecule has 1 atom stereocenters. The number of hydrogen-bond acceptors (Lipinski definition) is 6. The van der Waals surface area contributed by atoms with Crippen LogP contribution in [0.4, 0.5) is 5.69 Å². The van der Waals surface area contributed by atoms with Crippen molar-refractivity contribution in [3.05, 3.63) is 58.9 Å². The number of Topliss-reactive ketones (excluding diaryl/α,β-unsaturated/α-hetero) is 2. The molecule has 2 aliphatic heterocycles. The maximum atomic E-state index is 13.1. The molecule has 0 spiro atoms. The maximum absolute atomic E-state index is 13.1. The fourth-order valence-corrected chi connectivity index (χ4v) is 5.58. The molecule has 35 heavy (non-hydrogen) atoms. The molecule has 1 unspecified atom stereocenters. The number of hydrogen-bond donors (Lipinski definition) is 1. The highest BCUT2D eigenvalue weighted by atomic mass is 16.2. The Bertz CT molecular complexity index is 1110. The molecule has 2 aromatic rings. The Morgan fingerprint density at radius 2 is 1.89 bits per heavy atom. The number of pyridine rings is 1. The Labute approximate surface area is 206 Å². The van der Waals surface area contributed by atoms with E-state index >= 15 is 0 Å². The third-order valence-electron chi connectivity index (χ3n) is 7.75. The summed E-state index contributed by atoms with van der Waals surface area (Å²) >= 11 is 0. The van der Waals surface area contributed by atoms with E-state index in [9.17, 15) is 14.4 Å². The van der Waals surface area contributed by atoms with Crippen LogP contribution in [0.25, 0.3) is 0 Å². The number of nitrogens with one attached hydrogen (secondary N) is 1. The van der Waals surface area contributed by atoms with E-state index < -0.39 is 6.04 Å². The summed E-state index contributed by atoms with van der Waals surface area (Å²) in [6.07, 6.45) is 6.02. The number of aromatic nitrogens is 1. The quantitative estimate of drug-likeness (QED) is 0.618. The number of aryl methyl sites for hydroxylation is 1. The molecule has 7 nitrogen and oxygen atoms in total.